The van der Waals surface area contributed by atoms with Crippen LogP contribution in [0.3, 0.4) is 0 Å². The third-order valence-electron chi connectivity index (χ3n) is 5.39. The average molecular weight is 473 g/mol. The number of thiazole rings is 1. The van der Waals surface area contributed by atoms with E-state index in [1.807, 2.05) is 55.5 Å². The molecule has 1 aromatic heterocycles. The molecule has 0 bridgehead atoms. The first-order valence-corrected chi connectivity index (χ1v) is 11.7. The standard InChI is InChI=1S/C27H24N2O4S/c1-5-14-33-21-9-7-8-19(15-21)16-22-25(30)29-24(20-12-10-17(3)11-13-20)23(26(31)32-6-2)18(4)28-27(29)34-22/h1,7-13,15-16,24H,6,14H2,2-4H3/b22-16-/t24-/m1/s1. The molecule has 0 saturated heterocycles. The first-order valence-electron chi connectivity index (χ1n) is 10.9. The molecule has 172 valence electrons. The molecule has 0 saturated carbocycles. The molecule has 1 aliphatic rings. The van der Waals surface area contributed by atoms with Crippen molar-refractivity contribution >= 4 is 23.4 Å². The number of carbonyl (C=O) groups excluding carboxylic acids is 1. The van der Waals surface area contributed by atoms with Gasteiger partial charge in [-0.05, 0) is 50.1 Å². The van der Waals surface area contributed by atoms with Crippen molar-refractivity contribution < 1.29 is 14.3 Å². The minimum atomic E-state index is -0.622. The number of aromatic nitrogens is 1. The molecular weight excluding hydrogens is 448 g/mol. The van der Waals surface area contributed by atoms with Crippen LogP contribution >= 0.6 is 11.3 Å². The smallest absolute Gasteiger partial charge is 0.338 e. The number of carbonyl (C=O) groups is 1. The minimum Gasteiger partial charge on any atom is -0.481 e. The highest BCUT2D eigenvalue weighted by Crippen LogP contribution is 2.30. The van der Waals surface area contributed by atoms with Crippen molar-refractivity contribution in [2.24, 2.45) is 4.99 Å². The van der Waals surface area contributed by atoms with Crippen molar-refractivity contribution in [3.8, 4) is 18.1 Å². The molecule has 0 fully saturated rings. The van der Waals surface area contributed by atoms with Gasteiger partial charge in [0, 0.05) is 0 Å². The Morgan fingerprint density at radius 3 is 2.71 bits per heavy atom. The Kier molecular flexibility index (Phi) is 6.80. The fraction of sp³-hybridized carbons (Fsp3) is 0.222. The SMILES string of the molecule is C#CCOc1cccc(/C=c2\sc3n(c2=O)[C@H](c2ccc(C)cc2)C(C(=O)OCC)=C(C)N=3)c1. The Balaban J connectivity index is 1.88. The zero-order valence-corrected chi connectivity index (χ0v) is 20.0. The molecule has 0 aliphatic carbocycles. The number of hydrogen-bond acceptors (Lipinski definition) is 6. The predicted molar refractivity (Wildman–Crippen MR) is 132 cm³/mol. The van der Waals surface area contributed by atoms with Gasteiger partial charge in [0.05, 0.1) is 28.5 Å². The Labute approximate surface area is 201 Å². The van der Waals surface area contributed by atoms with Gasteiger partial charge >= 0.3 is 5.97 Å². The first-order chi connectivity index (χ1) is 16.4. The number of ether oxygens (including phenoxy) is 2. The lowest BCUT2D eigenvalue weighted by atomic mass is 9.95. The van der Waals surface area contributed by atoms with Gasteiger partial charge in [0.15, 0.2) is 4.80 Å². The van der Waals surface area contributed by atoms with Crippen molar-refractivity contribution in [2.75, 3.05) is 13.2 Å². The van der Waals surface area contributed by atoms with Crippen LogP contribution in [0.15, 0.2) is 69.6 Å². The topological polar surface area (TPSA) is 69.9 Å². The number of hydrogen-bond donors (Lipinski definition) is 0. The lowest BCUT2D eigenvalue weighted by Gasteiger charge is -2.24. The number of terminal acetylenes is 1. The van der Waals surface area contributed by atoms with Gasteiger partial charge in [-0.1, -0.05) is 59.2 Å². The van der Waals surface area contributed by atoms with Gasteiger partial charge in [-0.3, -0.25) is 9.36 Å². The molecule has 0 amide bonds. The van der Waals surface area contributed by atoms with Crippen LogP contribution in [0.25, 0.3) is 6.08 Å². The lowest BCUT2D eigenvalue weighted by molar-refractivity contribution is -0.139. The van der Waals surface area contributed by atoms with Crippen molar-refractivity contribution in [3.05, 3.63) is 96.2 Å². The number of benzene rings is 2. The molecule has 1 atom stereocenters. The summed E-state index contributed by atoms with van der Waals surface area (Å²) in [6.45, 7) is 5.92. The Hall–Kier alpha value is -3.89. The third-order valence-corrected chi connectivity index (χ3v) is 6.37. The number of esters is 1. The fourth-order valence-corrected chi connectivity index (χ4v) is 4.87. The normalized spacial score (nSPS) is 15.4. The molecule has 4 rings (SSSR count). The number of rotatable bonds is 6. The molecule has 2 heterocycles. The van der Waals surface area contributed by atoms with Crippen LogP contribution in [0.4, 0.5) is 0 Å². The van der Waals surface area contributed by atoms with Crippen molar-refractivity contribution in [2.45, 2.75) is 26.8 Å². The van der Waals surface area contributed by atoms with E-state index < -0.39 is 12.0 Å². The van der Waals surface area contributed by atoms with Crippen LogP contribution in [0.2, 0.25) is 0 Å². The van der Waals surface area contributed by atoms with Gasteiger partial charge < -0.3 is 9.47 Å². The predicted octanol–water partition coefficient (Wildman–Crippen LogP) is 3.12. The van der Waals surface area contributed by atoms with E-state index >= 15 is 0 Å². The summed E-state index contributed by atoms with van der Waals surface area (Å²) in [6, 6.07) is 14.5. The molecule has 0 radical (unpaired) electrons. The van der Waals surface area contributed by atoms with Gasteiger partial charge in [-0.2, -0.15) is 0 Å². The van der Waals surface area contributed by atoms with Crippen molar-refractivity contribution in [1.29, 1.82) is 0 Å². The molecule has 2 aromatic carbocycles. The average Bonchev–Trinajstić information content (AvgIpc) is 3.12. The maximum atomic E-state index is 13.6. The van der Waals surface area contributed by atoms with Crippen LogP contribution in [0.1, 0.15) is 36.6 Å². The summed E-state index contributed by atoms with van der Waals surface area (Å²) in [5.41, 5.74) is 3.39. The van der Waals surface area contributed by atoms with Crippen molar-refractivity contribution in [1.82, 2.24) is 4.57 Å². The van der Waals surface area contributed by atoms with Crippen LogP contribution in [-0.4, -0.2) is 23.8 Å². The number of nitrogens with zero attached hydrogens (tertiary/aromatic N) is 2. The molecular formula is C27H24N2O4S. The molecule has 3 aromatic rings. The maximum absolute atomic E-state index is 13.6. The summed E-state index contributed by atoms with van der Waals surface area (Å²) >= 11 is 1.28. The third kappa shape index (κ3) is 4.59. The lowest BCUT2D eigenvalue weighted by Crippen LogP contribution is -2.39. The highest BCUT2D eigenvalue weighted by molar-refractivity contribution is 7.07. The molecule has 0 spiro atoms. The summed E-state index contributed by atoms with van der Waals surface area (Å²) in [5, 5.41) is 0. The van der Waals surface area contributed by atoms with Gasteiger partial charge in [-0.15, -0.1) is 6.42 Å². The largest absolute Gasteiger partial charge is 0.481 e. The maximum Gasteiger partial charge on any atom is 0.338 e. The fourth-order valence-electron chi connectivity index (χ4n) is 3.83. The molecule has 34 heavy (non-hydrogen) atoms. The second-order valence-electron chi connectivity index (χ2n) is 7.78. The number of allylic oxidation sites excluding steroid dienone is 1. The first kappa shape index (κ1) is 23.3. The second kappa shape index (κ2) is 9.94. The van der Waals surface area contributed by atoms with E-state index in [9.17, 15) is 9.59 Å². The summed E-state index contributed by atoms with van der Waals surface area (Å²) in [6.07, 6.45) is 7.07. The van der Waals surface area contributed by atoms with E-state index in [0.717, 1.165) is 16.7 Å². The van der Waals surface area contributed by atoms with E-state index in [1.54, 1.807) is 24.5 Å². The van der Waals surface area contributed by atoms with Gasteiger partial charge in [-0.25, -0.2) is 9.79 Å². The highest BCUT2D eigenvalue weighted by Gasteiger charge is 2.33. The Morgan fingerprint density at radius 1 is 1.24 bits per heavy atom. The number of fused-ring (bicyclic) bond motifs is 1. The van der Waals surface area contributed by atoms with Crippen LogP contribution in [-0.2, 0) is 9.53 Å². The van der Waals surface area contributed by atoms with Crippen LogP contribution in [0.5, 0.6) is 5.75 Å². The monoisotopic (exact) mass is 472 g/mol. The minimum absolute atomic E-state index is 0.165. The zero-order valence-electron chi connectivity index (χ0n) is 19.2. The van der Waals surface area contributed by atoms with Crippen LogP contribution < -0.4 is 19.6 Å². The molecule has 0 N–H and O–H groups in total. The summed E-state index contributed by atoms with van der Waals surface area (Å²) in [4.78, 5) is 31.7. The van der Waals surface area contributed by atoms with E-state index in [4.69, 9.17) is 15.9 Å². The van der Waals surface area contributed by atoms with Gasteiger partial charge in [0.2, 0.25) is 0 Å². The van der Waals surface area contributed by atoms with Crippen molar-refractivity contribution in [3.63, 3.8) is 0 Å². The van der Waals surface area contributed by atoms with E-state index in [0.29, 0.717) is 26.4 Å². The quantitative estimate of drug-likeness (QED) is 0.408. The molecule has 0 unspecified atom stereocenters. The summed E-state index contributed by atoms with van der Waals surface area (Å²) in [7, 11) is 0. The molecule has 6 nitrogen and oxygen atoms in total. The molecule has 7 heteroatoms. The van der Waals surface area contributed by atoms with Crippen LogP contribution in [0, 0.1) is 19.3 Å². The zero-order chi connectivity index (χ0) is 24.2. The molecule has 1 aliphatic heterocycles. The number of aryl methyl sites for hydroxylation is 1. The van der Waals surface area contributed by atoms with E-state index in [-0.39, 0.29) is 18.8 Å². The highest BCUT2D eigenvalue weighted by atomic mass is 32.1. The van der Waals surface area contributed by atoms with Gasteiger partial charge in [0.25, 0.3) is 5.56 Å². The van der Waals surface area contributed by atoms with E-state index in [1.165, 1.54) is 11.3 Å². The summed E-state index contributed by atoms with van der Waals surface area (Å²) in [5.74, 6) is 2.59. The second-order valence-corrected chi connectivity index (χ2v) is 8.79. The van der Waals surface area contributed by atoms with Gasteiger partial charge in [0.1, 0.15) is 12.4 Å². The Morgan fingerprint density at radius 2 is 2.00 bits per heavy atom. The van der Waals surface area contributed by atoms with E-state index in [2.05, 4.69) is 10.9 Å². The summed E-state index contributed by atoms with van der Waals surface area (Å²) < 4.78 is 12.9. The Bertz CT molecular complexity index is 1490.